The van der Waals surface area contributed by atoms with Crippen molar-refractivity contribution in [3.8, 4) is 6.07 Å². The maximum atomic E-state index is 10.8. The predicted molar refractivity (Wildman–Crippen MR) is 61.1 cm³/mol. The summed E-state index contributed by atoms with van der Waals surface area (Å²) in [6, 6.07) is 9.84. The third-order valence-electron chi connectivity index (χ3n) is 1.91. The smallest absolute Gasteiger partial charge is 0.245 e. The molecular weight excluding hydrogens is 208 g/mol. The van der Waals surface area contributed by atoms with E-state index in [1.165, 1.54) is 17.3 Å². The summed E-state index contributed by atoms with van der Waals surface area (Å²) < 4.78 is 0. The van der Waals surface area contributed by atoms with E-state index in [1.54, 1.807) is 0 Å². The largest absolute Gasteiger partial charge is 0.368 e. The van der Waals surface area contributed by atoms with Crippen LogP contribution in [0.15, 0.2) is 24.3 Å². The van der Waals surface area contributed by atoms with Crippen LogP contribution in [-0.4, -0.2) is 11.2 Å². The van der Waals surface area contributed by atoms with Crippen LogP contribution in [0, 0.1) is 18.3 Å². The minimum atomic E-state index is -0.758. The molecule has 0 aliphatic carbocycles. The molecule has 0 aliphatic heterocycles. The van der Waals surface area contributed by atoms with Crippen molar-refractivity contribution >= 4 is 17.7 Å². The lowest BCUT2D eigenvalue weighted by atomic mass is 10.2. The Balaban J connectivity index is 2.54. The molecule has 1 unspecified atom stereocenters. The number of carbonyl (C=O) groups excluding carboxylic acids is 1. The Morgan fingerprint density at radius 3 is 2.60 bits per heavy atom. The number of hydrogen-bond acceptors (Lipinski definition) is 3. The zero-order chi connectivity index (χ0) is 11.3. The molecule has 0 saturated heterocycles. The van der Waals surface area contributed by atoms with Crippen molar-refractivity contribution in [3.63, 3.8) is 0 Å². The Hall–Kier alpha value is -1.47. The van der Waals surface area contributed by atoms with Gasteiger partial charge in [0.1, 0.15) is 0 Å². The topological polar surface area (TPSA) is 66.9 Å². The fourth-order valence-electron chi connectivity index (χ4n) is 1.05. The summed E-state index contributed by atoms with van der Waals surface area (Å²) in [6.07, 6.45) is 0. The van der Waals surface area contributed by atoms with Gasteiger partial charge >= 0.3 is 0 Å². The number of carbonyl (C=O) groups is 1. The van der Waals surface area contributed by atoms with E-state index in [0.29, 0.717) is 5.75 Å². The van der Waals surface area contributed by atoms with Gasteiger partial charge in [-0.2, -0.15) is 5.26 Å². The van der Waals surface area contributed by atoms with E-state index in [4.69, 9.17) is 11.0 Å². The summed E-state index contributed by atoms with van der Waals surface area (Å²) in [5, 5.41) is 7.89. The molecule has 0 fully saturated rings. The summed E-state index contributed by atoms with van der Waals surface area (Å²) in [5.74, 6) is 0.0520. The van der Waals surface area contributed by atoms with E-state index in [9.17, 15) is 4.79 Å². The Bertz CT molecular complexity index is 381. The van der Waals surface area contributed by atoms with Gasteiger partial charge < -0.3 is 5.73 Å². The van der Waals surface area contributed by atoms with Gasteiger partial charge in [-0.25, -0.2) is 0 Å². The highest BCUT2D eigenvalue weighted by molar-refractivity contribution is 8.00. The first-order chi connectivity index (χ1) is 7.13. The lowest BCUT2D eigenvalue weighted by Crippen LogP contribution is -2.24. The fourth-order valence-corrected chi connectivity index (χ4v) is 1.84. The first-order valence-electron chi connectivity index (χ1n) is 4.49. The van der Waals surface area contributed by atoms with Crippen molar-refractivity contribution in [3.05, 3.63) is 35.4 Å². The average molecular weight is 220 g/mol. The molecule has 0 aliphatic rings. The molecule has 3 nitrogen and oxygen atoms in total. The minimum Gasteiger partial charge on any atom is -0.368 e. The standard InChI is InChI=1S/C11H12N2OS/c1-8-2-4-9(5-3-8)7-15-10(6-12)11(13)14/h2-5,10H,7H2,1H3,(H2,13,14). The normalized spacial score (nSPS) is 11.7. The van der Waals surface area contributed by atoms with Crippen LogP contribution >= 0.6 is 11.8 Å². The van der Waals surface area contributed by atoms with Gasteiger partial charge in [0.15, 0.2) is 5.25 Å². The van der Waals surface area contributed by atoms with Gasteiger partial charge in [-0.15, -0.1) is 11.8 Å². The van der Waals surface area contributed by atoms with Crippen LogP contribution in [0.3, 0.4) is 0 Å². The van der Waals surface area contributed by atoms with E-state index in [0.717, 1.165) is 5.56 Å². The molecule has 0 aromatic heterocycles. The molecule has 1 atom stereocenters. The predicted octanol–water partition coefficient (Wildman–Crippen LogP) is 1.61. The second-order valence-corrected chi connectivity index (χ2v) is 4.30. The molecule has 1 aromatic rings. The molecule has 15 heavy (non-hydrogen) atoms. The lowest BCUT2D eigenvalue weighted by Gasteiger charge is -2.04. The highest BCUT2D eigenvalue weighted by Gasteiger charge is 2.14. The second-order valence-electron chi connectivity index (χ2n) is 3.21. The van der Waals surface area contributed by atoms with E-state index >= 15 is 0 Å². The highest BCUT2D eigenvalue weighted by Crippen LogP contribution is 2.17. The zero-order valence-electron chi connectivity index (χ0n) is 8.43. The number of nitriles is 1. The van der Waals surface area contributed by atoms with Crippen LogP contribution in [0.2, 0.25) is 0 Å². The van der Waals surface area contributed by atoms with Crippen molar-refractivity contribution in [2.75, 3.05) is 0 Å². The number of nitrogens with two attached hydrogens (primary N) is 1. The Morgan fingerprint density at radius 1 is 1.53 bits per heavy atom. The molecule has 2 N–H and O–H groups in total. The van der Waals surface area contributed by atoms with E-state index in [-0.39, 0.29) is 0 Å². The molecule has 78 valence electrons. The molecule has 0 bridgehead atoms. The van der Waals surface area contributed by atoms with Gasteiger partial charge in [0, 0.05) is 5.75 Å². The molecular formula is C11H12N2OS. The molecule has 1 rings (SSSR count). The number of aryl methyl sites for hydroxylation is 1. The summed E-state index contributed by atoms with van der Waals surface area (Å²) in [6.45, 7) is 2.01. The molecule has 0 spiro atoms. The molecule has 0 saturated carbocycles. The number of primary amides is 1. The van der Waals surface area contributed by atoms with Crippen molar-refractivity contribution in [2.45, 2.75) is 17.9 Å². The van der Waals surface area contributed by atoms with Crippen LogP contribution in [0.5, 0.6) is 0 Å². The van der Waals surface area contributed by atoms with E-state index < -0.39 is 11.2 Å². The van der Waals surface area contributed by atoms with Crippen LogP contribution < -0.4 is 5.73 Å². The quantitative estimate of drug-likeness (QED) is 0.838. The molecule has 0 radical (unpaired) electrons. The van der Waals surface area contributed by atoms with Crippen molar-refractivity contribution < 1.29 is 4.79 Å². The third-order valence-corrected chi connectivity index (χ3v) is 3.08. The monoisotopic (exact) mass is 220 g/mol. The van der Waals surface area contributed by atoms with Gasteiger partial charge in [0.25, 0.3) is 0 Å². The number of hydrogen-bond donors (Lipinski definition) is 1. The fraction of sp³-hybridized carbons (Fsp3) is 0.273. The first-order valence-corrected chi connectivity index (χ1v) is 5.54. The van der Waals surface area contributed by atoms with Crippen molar-refractivity contribution in [2.24, 2.45) is 5.73 Å². The van der Waals surface area contributed by atoms with Crippen LogP contribution in [-0.2, 0) is 10.5 Å². The van der Waals surface area contributed by atoms with Crippen molar-refractivity contribution in [1.82, 2.24) is 0 Å². The summed E-state index contributed by atoms with van der Waals surface area (Å²) in [5.41, 5.74) is 7.33. The SMILES string of the molecule is Cc1ccc(CSC(C#N)C(N)=O)cc1. The molecule has 1 aromatic carbocycles. The first kappa shape index (κ1) is 11.6. The molecule has 0 heterocycles. The number of benzene rings is 1. The van der Waals surface area contributed by atoms with Gasteiger partial charge in [-0.3, -0.25) is 4.79 Å². The number of nitrogens with zero attached hydrogens (tertiary/aromatic N) is 1. The maximum Gasteiger partial charge on any atom is 0.245 e. The van der Waals surface area contributed by atoms with Gasteiger partial charge in [0.05, 0.1) is 6.07 Å². The van der Waals surface area contributed by atoms with Crippen LogP contribution in [0.4, 0.5) is 0 Å². The number of thioether (sulfide) groups is 1. The van der Waals surface area contributed by atoms with Gasteiger partial charge in [0.2, 0.25) is 5.91 Å². The van der Waals surface area contributed by atoms with Crippen LogP contribution in [0.1, 0.15) is 11.1 Å². The third kappa shape index (κ3) is 3.64. The van der Waals surface area contributed by atoms with E-state index in [1.807, 2.05) is 37.3 Å². The summed E-state index contributed by atoms with van der Waals surface area (Å²) >= 11 is 1.25. The highest BCUT2D eigenvalue weighted by atomic mass is 32.2. The summed E-state index contributed by atoms with van der Waals surface area (Å²) in [7, 11) is 0. The summed E-state index contributed by atoms with van der Waals surface area (Å²) in [4.78, 5) is 10.8. The average Bonchev–Trinajstić information content (AvgIpc) is 2.21. The molecule has 1 amide bonds. The van der Waals surface area contributed by atoms with Crippen molar-refractivity contribution in [1.29, 1.82) is 5.26 Å². The second kappa shape index (κ2) is 5.42. The maximum absolute atomic E-state index is 10.8. The lowest BCUT2D eigenvalue weighted by molar-refractivity contribution is -0.116. The van der Waals surface area contributed by atoms with E-state index in [2.05, 4.69) is 0 Å². The van der Waals surface area contributed by atoms with Crippen LogP contribution in [0.25, 0.3) is 0 Å². The number of rotatable bonds is 4. The van der Waals surface area contributed by atoms with Gasteiger partial charge in [-0.05, 0) is 12.5 Å². The Morgan fingerprint density at radius 2 is 2.13 bits per heavy atom. The Kier molecular flexibility index (Phi) is 4.19. The van der Waals surface area contributed by atoms with Gasteiger partial charge in [-0.1, -0.05) is 29.8 Å². The zero-order valence-corrected chi connectivity index (χ0v) is 9.25. The minimum absolute atomic E-state index is 0.574. The molecule has 4 heteroatoms. The number of amides is 1. The Labute approximate surface area is 93.3 Å².